The van der Waals surface area contributed by atoms with Crippen molar-refractivity contribution in [2.45, 2.75) is 20.3 Å². The van der Waals surface area contributed by atoms with Crippen molar-refractivity contribution in [2.24, 2.45) is 0 Å². The van der Waals surface area contributed by atoms with Crippen LogP contribution in [-0.2, 0) is 16.0 Å². The lowest BCUT2D eigenvalue weighted by atomic mass is 10.1. The number of ether oxygens (including phenoxy) is 1. The molecule has 0 aromatic heterocycles. The van der Waals surface area contributed by atoms with Crippen LogP contribution in [0.1, 0.15) is 16.7 Å². The Morgan fingerprint density at radius 2 is 1.37 bits per heavy atom. The fraction of sp³-hybridized carbons (Fsp3) is 0.364. The highest BCUT2D eigenvalue weighted by molar-refractivity contribution is 5.80. The van der Waals surface area contributed by atoms with E-state index in [1.165, 1.54) is 0 Å². The molecule has 5 nitrogen and oxygen atoms in total. The number of carbonyl (C=O) groups excluding carboxylic acids is 2. The first-order chi connectivity index (χ1) is 13.0. The quantitative estimate of drug-likeness (QED) is 0.817. The van der Waals surface area contributed by atoms with E-state index in [2.05, 4.69) is 0 Å². The smallest absolute Gasteiger partial charge is 0.260 e. The van der Waals surface area contributed by atoms with Crippen molar-refractivity contribution >= 4 is 11.8 Å². The van der Waals surface area contributed by atoms with Crippen LogP contribution >= 0.6 is 0 Å². The first-order valence-electron chi connectivity index (χ1n) is 9.33. The summed E-state index contributed by atoms with van der Waals surface area (Å²) in [6.45, 7) is 6.25. The number of nitrogens with zero attached hydrogens (tertiary/aromatic N) is 2. The predicted molar refractivity (Wildman–Crippen MR) is 105 cm³/mol. The zero-order valence-corrected chi connectivity index (χ0v) is 16.0. The van der Waals surface area contributed by atoms with Crippen molar-refractivity contribution in [1.82, 2.24) is 9.80 Å². The zero-order valence-electron chi connectivity index (χ0n) is 16.0. The van der Waals surface area contributed by atoms with Gasteiger partial charge in [0.2, 0.25) is 5.91 Å². The lowest BCUT2D eigenvalue weighted by molar-refractivity contribution is -0.140. The largest absolute Gasteiger partial charge is 0.484 e. The Kier molecular flexibility index (Phi) is 6.12. The number of rotatable bonds is 5. The first-order valence-corrected chi connectivity index (χ1v) is 9.33. The second-order valence-electron chi connectivity index (χ2n) is 6.92. The number of hydrogen-bond donors (Lipinski definition) is 0. The Balaban J connectivity index is 1.47. The second kappa shape index (κ2) is 8.71. The van der Waals surface area contributed by atoms with Crippen LogP contribution in [0.5, 0.6) is 5.75 Å². The Bertz CT molecular complexity index is 811. The average Bonchev–Trinajstić information content (AvgIpc) is 2.69. The number of hydrogen-bond acceptors (Lipinski definition) is 3. The Labute approximate surface area is 160 Å². The molecule has 27 heavy (non-hydrogen) atoms. The van der Waals surface area contributed by atoms with Crippen molar-refractivity contribution < 1.29 is 14.3 Å². The van der Waals surface area contributed by atoms with Gasteiger partial charge in [-0.05, 0) is 36.6 Å². The van der Waals surface area contributed by atoms with Crippen LogP contribution in [0, 0.1) is 13.8 Å². The second-order valence-corrected chi connectivity index (χ2v) is 6.92. The molecule has 1 heterocycles. The SMILES string of the molecule is Cc1ccccc1CC(=O)N1CCN(C(=O)COc2ccccc2C)CC1. The van der Waals surface area contributed by atoms with Gasteiger partial charge in [-0.3, -0.25) is 9.59 Å². The van der Waals surface area contributed by atoms with Crippen LogP contribution in [0.3, 0.4) is 0 Å². The topological polar surface area (TPSA) is 49.9 Å². The molecule has 2 amide bonds. The van der Waals surface area contributed by atoms with E-state index in [9.17, 15) is 9.59 Å². The molecular formula is C22H26N2O3. The van der Waals surface area contributed by atoms with Crippen molar-refractivity contribution in [3.63, 3.8) is 0 Å². The zero-order chi connectivity index (χ0) is 19.2. The molecule has 2 aromatic rings. The molecular weight excluding hydrogens is 340 g/mol. The number of aryl methyl sites for hydroxylation is 2. The third-order valence-electron chi connectivity index (χ3n) is 5.03. The molecule has 0 saturated carbocycles. The van der Waals surface area contributed by atoms with Crippen LogP contribution in [0.4, 0.5) is 0 Å². The summed E-state index contributed by atoms with van der Waals surface area (Å²) in [5.74, 6) is 0.815. The summed E-state index contributed by atoms with van der Waals surface area (Å²) in [4.78, 5) is 28.6. The summed E-state index contributed by atoms with van der Waals surface area (Å²) in [7, 11) is 0. The summed E-state index contributed by atoms with van der Waals surface area (Å²) in [6.07, 6.45) is 0.414. The van der Waals surface area contributed by atoms with Gasteiger partial charge in [0.05, 0.1) is 6.42 Å². The van der Waals surface area contributed by atoms with Crippen LogP contribution in [-0.4, -0.2) is 54.4 Å². The number of amides is 2. The Hall–Kier alpha value is -2.82. The van der Waals surface area contributed by atoms with Crippen molar-refractivity contribution in [3.8, 4) is 5.75 Å². The van der Waals surface area contributed by atoms with Gasteiger partial charge in [0.15, 0.2) is 6.61 Å². The van der Waals surface area contributed by atoms with Gasteiger partial charge in [-0.15, -0.1) is 0 Å². The minimum absolute atomic E-state index is 0.0298. The summed E-state index contributed by atoms with van der Waals surface area (Å²) in [6, 6.07) is 15.6. The van der Waals surface area contributed by atoms with Crippen molar-refractivity contribution in [2.75, 3.05) is 32.8 Å². The maximum atomic E-state index is 12.5. The van der Waals surface area contributed by atoms with E-state index in [1.54, 1.807) is 4.90 Å². The first kappa shape index (κ1) is 19.0. The van der Waals surface area contributed by atoms with E-state index in [-0.39, 0.29) is 18.4 Å². The summed E-state index contributed by atoms with van der Waals surface area (Å²) in [5, 5.41) is 0. The maximum absolute atomic E-state index is 12.5. The molecule has 1 aliphatic rings. The van der Waals surface area contributed by atoms with Crippen molar-refractivity contribution in [1.29, 1.82) is 0 Å². The molecule has 0 unspecified atom stereocenters. The highest BCUT2D eigenvalue weighted by Crippen LogP contribution is 2.16. The molecule has 0 N–H and O–H groups in total. The molecule has 1 aliphatic heterocycles. The molecule has 2 aromatic carbocycles. The lowest BCUT2D eigenvalue weighted by Crippen LogP contribution is -2.52. The van der Waals surface area contributed by atoms with Gasteiger partial charge in [-0.2, -0.15) is 0 Å². The van der Waals surface area contributed by atoms with Gasteiger partial charge in [-0.25, -0.2) is 0 Å². The third-order valence-corrected chi connectivity index (χ3v) is 5.03. The summed E-state index contributed by atoms with van der Waals surface area (Å²) >= 11 is 0. The Morgan fingerprint density at radius 1 is 0.815 bits per heavy atom. The van der Waals surface area contributed by atoms with Crippen LogP contribution in [0.2, 0.25) is 0 Å². The molecule has 0 bridgehead atoms. The monoisotopic (exact) mass is 366 g/mol. The fourth-order valence-corrected chi connectivity index (χ4v) is 3.24. The molecule has 1 fully saturated rings. The number of para-hydroxylation sites is 1. The molecule has 0 spiro atoms. The highest BCUT2D eigenvalue weighted by atomic mass is 16.5. The van der Waals surface area contributed by atoms with Gasteiger partial charge < -0.3 is 14.5 Å². The molecule has 3 rings (SSSR count). The standard InChI is InChI=1S/C22H26N2O3/c1-17-7-3-5-9-19(17)15-21(25)23-11-13-24(14-12-23)22(26)16-27-20-10-6-4-8-18(20)2/h3-10H,11-16H2,1-2H3. The molecule has 0 radical (unpaired) electrons. The van der Waals surface area contributed by atoms with Gasteiger partial charge in [-0.1, -0.05) is 42.5 Å². The highest BCUT2D eigenvalue weighted by Gasteiger charge is 2.24. The van der Waals surface area contributed by atoms with Gasteiger partial charge in [0.25, 0.3) is 5.91 Å². The molecule has 1 saturated heterocycles. The van der Waals surface area contributed by atoms with Gasteiger partial charge in [0, 0.05) is 26.2 Å². The lowest BCUT2D eigenvalue weighted by Gasteiger charge is -2.35. The summed E-state index contributed by atoms with van der Waals surface area (Å²) < 4.78 is 5.65. The molecule has 142 valence electrons. The van der Waals surface area contributed by atoms with E-state index >= 15 is 0 Å². The molecule has 5 heteroatoms. The minimum Gasteiger partial charge on any atom is -0.484 e. The fourth-order valence-electron chi connectivity index (χ4n) is 3.24. The van der Waals surface area contributed by atoms with Gasteiger partial charge in [0.1, 0.15) is 5.75 Å². The maximum Gasteiger partial charge on any atom is 0.260 e. The molecule has 0 atom stereocenters. The molecule has 0 aliphatic carbocycles. The van der Waals surface area contributed by atoms with Crippen molar-refractivity contribution in [3.05, 3.63) is 65.2 Å². The number of benzene rings is 2. The van der Waals surface area contributed by atoms with E-state index in [1.807, 2.05) is 67.3 Å². The number of carbonyl (C=O) groups is 2. The van der Waals surface area contributed by atoms with E-state index in [0.29, 0.717) is 32.6 Å². The number of piperazine rings is 1. The minimum atomic E-state index is -0.0377. The summed E-state index contributed by atoms with van der Waals surface area (Å²) in [5.41, 5.74) is 3.21. The average molecular weight is 366 g/mol. The van der Waals surface area contributed by atoms with Crippen LogP contribution in [0.25, 0.3) is 0 Å². The van der Waals surface area contributed by atoms with E-state index < -0.39 is 0 Å². The van der Waals surface area contributed by atoms with Gasteiger partial charge >= 0.3 is 0 Å². The van der Waals surface area contributed by atoms with E-state index in [4.69, 9.17) is 4.74 Å². The van der Waals surface area contributed by atoms with Crippen LogP contribution in [0.15, 0.2) is 48.5 Å². The predicted octanol–water partition coefficient (Wildman–Crippen LogP) is 2.60. The van der Waals surface area contributed by atoms with E-state index in [0.717, 1.165) is 22.4 Å². The third kappa shape index (κ3) is 4.88. The van der Waals surface area contributed by atoms with Crippen LogP contribution < -0.4 is 4.74 Å². The Morgan fingerprint density at radius 3 is 2.00 bits per heavy atom. The normalized spacial score (nSPS) is 14.1.